The number of nitrogens with one attached hydrogen (secondary N) is 1. The number of halogens is 2. The summed E-state index contributed by atoms with van der Waals surface area (Å²) in [5.41, 5.74) is 3.65. The molecule has 0 bridgehead atoms. The van der Waals surface area contributed by atoms with Crippen molar-refractivity contribution in [2.45, 2.75) is 33.5 Å². The van der Waals surface area contributed by atoms with Crippen LogP contribution in [0.2, 0.25) is 5.02 Å². The molecule has 1 heterocycles. The summed E-state index contributed by atoms with van der Waals surface area (Å²) in [7, 11) is 1.61. The lowest BCUT2D eigenvalue weighted by molar-refractivity contribution is -0.116. The molecule has 1 aromatic heterocycles. The van der Waals surface area contributed by atoms with Gasteiger partial charge in [-0.15, -0.1) is 0 Å². The number of methoxy groups -OCH3 is 1. The average molecular weight is 519 g/mol. The monoisotopic (exact) mass is 517 g/mol. The van der Waals surface area contributed by atoms with Gasteiger partial charge in [0.15, 0.2) is 0 Å². The fourth-order valence-corrected chi connectivity index (χ4v) is 3.87. The number of hydrogen-bond donors (Lipinski definition) is 1. The quantitative estimate of drug-likeness (QED) is 0.378. The van der Waals surface area contributed by atoms with E-state index in [1.807, 2.05) is 42.9 Å². The summed E-state index contributed by atoms with van der Waals surface area (Å²) >= 11 is 9.44. The Morgan fingerprint density at radius 2 is 2.00 bits per heavy atom. The maximum Gasteiger partial charge on any atom is 0.244 e. The second-order valence-electron chi connectivity index (χ2n) is 7.08. The first-order chi connectivity index (χ1) is 15.4. The van der Waals surface area contributed by atoms with E-state index in [1.165, 1.54) is 6.08 Å². The maximum atomic E-state index is 12.3. The van der Waals surface area contributed by atoms with Crippen molar-refractivity contribution in [3.05, 3.63) is 80.6 Å². The molecule has 0 aliphatic rings. The first-order valence-electron chi connectivity index (χ1n) is 10.1. The Hall–Kier alpha value is -2.77. The zero-order valence-corrected chi connectivity index (χ0v) is 20.5. The predicted molar refractivity (Wildman–Crippen MR) is 130 cm³/mol. The molecule has 0 atom stereocenters. The van der Waals surface area contributed by atoms with Crippen molar-refractivity contribution in [1.82, 2.24) is 15.1 Å². The Balaban J connectivity index is 1.63. The molecule has 3 rings (SSSR count). The predicted octanol–water partition coefficient (Wildman–Crippen LogP) is 5.54. The van der Waals surface area contributed by atoms with Crippen molar-refractivity contribution in [2.75, 3.05) is 7.11 Å². The van der Waals surface area contributed by atoms with Crippen LogP contribution in [0.15, 0.2) is 53.1 Å². The lowest BCUT2D eigenvalue weighted by Crippen LogP contribution is -2.20. The van der Waals surface area contributed by atoms with E-state index in [-0.39, 0.29) is 5.91 Å². The molecule has 0 spiro atoms. The zero-order valence-electron chi connectivity index (χ0n) is 18.2. The number of hydrogen-bond acceptors (Lipinski definition) is 4. The summed E-state index contributed by atoms with van der Waals surface area (Å²) in [5, 5.41) is 7.91. The number of carbonyl (C=O) groups is 1. The van der Waals surface area contributed by atoms with Gasteiger partial charge in [0.1, 0.15) is 18.1 Å². The third kappa shape index (κ3) is 6.37. The molecule has 32 heavy (non-hydrogen) atoms. The molecule has 0 fully saturated rings. The molecule has 0 saturated heterocycles. The van der Waals surface area contributed by atoms with Crippen molar-refractivity contribution in [3.63, 3.8) is 0 Å². The van der Waals surface area contributed by atoms with E-state index in [9.17, 15) is 4.79 Å². The van der Waals surface area contributed by atoms with E-state index in [1.54, 1.807) is 31.4 Å². The standard InChI is InChI=1S/C24H25BrClN3O3/c1-4-29-14-19(16(2)28-29)13-27-24(30)10-6-17-5-8-22(31-3)18(11-17)15-32-23-9-7-20(26)12-21(23)25/h5-12,14H,4,13,15H2,1-3H3,(H,27,30)/b10-6+. The van der Waals surface area contributed by atoms with Crippen LogP contribution in [-0.2, 0) is 24.5 Å². The molecule has 0 saturated carbocycles. The second-order valence-corrected chi connectivity index (χ2v) is 8.37. The van der Waals surface area contributed by atoms with Crippen LogP contribution in [0.3, 0.4) is 0 Å². The summed E-state index contributed by atoms with van der Waals surface area (Å²) in [6.07, 6.45) is 5.23. The molecule has 2 aromatic carbocycles. The highest BCUT2D eigenvalue weighted by Crippen LogP contribution is 2.30. The zero-order chi connectivity index (χ0) is 23.1. The first-order valence-corrected chi connectivity index (χ1v) is 11.3. The van der Waals surface area contributed by atoms with E-state index in [0.717, 1.165) is 33.4 Å². The van der Waals surface area contributed by atoms with Crippen molar-refractivity contribution in [2.24, 2.45) is 0 Å². The fraction of sp³-hybridized carbons (Fsp3) is 0.250. The molecule has 1 N–H and O–H groups in total. The van der Waals surface area contributed by atoms with Crippen LogP contribution < -0.4 is 14.8 Å². The minimum absolute atomic E-state index is 0.174. The Labute approximate surface area is 201 Å². The van der Waals surface area contributed by atoms with E-state index < -0.39 is 0 Å². The first kappa shape index (κ1) is 23.9. The Bertz CT molecular complexity index is 1130. The highest BCUT2D eigenvalue weighted by molar-refractivity contribution is 9.10. The van der Waals surface area contributed by atoms with Crippen molar-refractivity contribution in [1.29, 1.82) is 0 Å². The number of nitrogens with zero attached hydrogens (tertiary/aromatic N) is 2. The van der Waals surface area contributed by atoms with E-state index in [0.29, 0.717) is 29.7 Å². The maximum absolute atomic E-state index is 12.3. The normalized spacial score (nSPS) is 11.0. The molecule has 1 amide bonds. The van der Waals surface area contributed by atoms with E-state index in [4.69, 9.17) is 21.1 Å². The van der Waals surface area contributed by atoms with Crippen molar-refractivity contribution in [3.8, 4) is 11.5 Å². The number of amides is 1. The van der Waals surface area contributed by atoms with Gasteiger partial charge in [0, 0.05) is 41.5 Å². The van der Waals surface area contributed by atoms with Gasteiger partial charge in [-0.1, -0.05) is 17.7 Å². The molecule has 0 aliphatic carbocycles. The molecular weight excluding hydrogens is 494 g/mol. The van der Waals surface area contributed by atoms with Gasteiger partial charge in [-0.25, -0.2) is 0 Å². The molecule has 0 radical (unpaired) electrons. The largest absolute Gasteiger partial charge is 0.496 e. The van der Waals surface area contributed by atoms with Crippen LogP contribution in [0.1, 0.15) is 29.3 Å². The number of aryl methyl sites for hydroxylation is 2. The van der Waals surface area contributed by atoms with Crippen LogP contribution >= 0.6 is 27.5 Å². The third-order valence-corrected chi connectivity index (χ3v) is 5.69. The smallest absolute Gasteiger partial charge is 0.244 e. The summed E-state index contributed by atoms with van der Waals surface area (Å²) in [6.45, 7) is 5.50. The highest BCUT2D eigenvalue weighted by atomic mass is 79.9. The van der Waals surface area contributed by atoms with Gasteiger partial charge < -0.3 is 14.8 Å². The molecule has 8 heteroatoms. The second kappa shape index (κ2) is 11.2. The van der Waals surface area contributed by atoms with Gasteiger partial charge in [0.25, 0.3) is 0 Å². The van der Waals surface area contributed by atoms with Crippen molar-refractivity contribution < 1.29 is 14.3 Å². The number of rotatable bonds is 9. The van der Waals surface area contributed by atoms with Gasteiger partial charge in [-0.2, -0.15) is 5.10 Å². The molecule has 6 nitrogen and oxygen atoms in total. The van der Waals surface area contributed by atoms with Crippen molar-refractivity contribution >= 4 is 39.5 Å². The molecule has 0 unspecified atom stereocenters. The molecular formula is C24H25BrClN3O3. The van der Waals surface area contributed by atoms with Gasteiger partial charge in [0.2, 0.25) is 5.91 Å². The Morgan fingerprint density at radius 3 is 2.69 bits per heavy atom. The fourth-order valence-electron chi connectivity index (χ4n) is 3.07. The number of aromatic nitrogens is 2. The third-order valence-electron chi connectivity index (χ3n) is 4.83. The SMILES string of the molecule is CCn1cc(CNC(=O)/C=C/c2ccc(OC)c(COc3ccc(Cl)cc3Br)c2)c(C)n1. The van der Waals surface area contributed by atoms with E-state index in [2.05, 4.69) is 26.3 Å². The summed E-state index contributed by atoms with van der Waals surface area (Å²) in [5.74, 6) is 1.21. The van der Waals surface area contributed by atoms with Gasteiger partial charge in [-0.3, -0.25) is 9.48 Å². The van der Waals surface area contributed by atoms with Crippen LogP contribution in [0, 0.1) is 6.92 Å². The number of benzene rings is 2. The minimum Gasteiger partial charge on any atom is -0.496 e. The lowest BCUT2D eigenvalue weighted by atomic mass is 10.1. The number of ether oxygens (including phenoxy) is 2. The molecule has 3 aromatic rings. The van der Waals surface area contributed by atoms with Gasteiger partial charge in [-0.05, 0) is 71.7 Å². The molecule has 168 valence electrons. The summed E-state index contributed by atoms with van der Waals surface area (Å²) < 4.78 is 14.0. The van der Waals surface area contributed by atoms with Crippen LogP contribution in [0.4, 0.5) is 0 Å². The Kier molecular flexibility index (Phi) is 8.36. The number of carbonyl (C=O) groups excluding carboxylic acids is 1. The topological polar surface area (TPSA) is 65.4 Å². The lowest BCUT2D eigenvalue weighted by Gasteiger charge is -2.12. The minimum atomic E-state index is -0.174. The van der Waals surface area contributed by atoms with Crippen LogP contribution in [0.5, 0.6) is 11.5 Å². The van der Waals surface area contributed by atoms with Crippen LogP contribution in [0.25, 0.3) is 6.08 Å². The summed E-state index contributed by atoms with van der Waals surface area (Å²) in [4.78, 5) is 12.3. The van der Waals surface area contributed by atoms with Gasteiger partial charge >= 0.3 is 0 Å². The van der Waals surface area contributed by atoms with Crippen LogP contribution in [-0.4, -0.2) is 22.8 Å². The van der Waals surface area contributed by atoms with E-state index >= 15 is 0 Å². The Morgan fingerprint density at radius 1 is 1.22 bits per heavy atom. The molecule has 0 aliphatic heterocycles. The highest BCUT2D eigenvalue weighted by Gasteiger charge is 2.08. The summed E-state index contributed by atoms with van der Waals surface area (Å²) in [6, 6.07) is 11.0. The van der Waals surface area contributed by atoms with Gasteiger partial charge in [0.05, 0.1) is 17.3 Å². The average Bonchev–Trinajstić information content (AvgIpc) is 3.15.